The Balaban J connectivity index is 2.68. The molecule has 0 saturated carbocycles. The lowest BCUT2D eigenvalue weighted by Gasteiger charge is -2.28. The van der Waals surface area contributed by atoms with Crippen molar-refractivity contribution in [1.29, 1.82) is 0 Å². The number of nitrogens with zero attached hydrogens (tertiary/aromatic N) is 1. The summed E-state index contributed by atoms with van der Waals surface area (Å²) in [6.45, 7) is 7.38. The molecule has 1 aromatic carbocycles. The van der Waals surface area contributed by atoms with Crippen molar-refractivity contribution >= 4 is 38.3 Å². The molecule has 0 saturated heterocycles. The Morgan fingerprint density at radius 3 is 2.04 bits per heavy atom. The van der Waals surface area contributed by atoms with Gasteiger partial charge in [-0.3, -0.25) is 4.72 Å². The van der Waals surface area contributed by atoms with Crippen molar-refractivity contribution in [3.05, 3.63) is 29.8 Å². The average molecular weight is 482 g/mol. The molecule has 144 valence electrons. The van der Waals surface area contributed by atoms with E-state index < -0.39 is 13.6 Å². The van der Waals surface area contributed by atoms with Crippen LogP contribution < -0.4 is 4.72 Å². The first-order valence-electron chi connectivity index (χ1n) is 8.90. The van der Waals surface area contributed by atoms with Crippen LogP contribution in [0.3, 0.4) is 0 Å². The fraction of sp³-hybridized carbons (Fsp3) is 0.667. The summed E-state index contributed by atoms with van der Waals surface area (Å²) in [4.78, 5) is 2.43. The summed E-state index contributed by atoms with van der Waals surface area (Å²) >= 11 is 2.08. The molecule has 7 heteroatoms. The summed E-state index contributed by atoms with van der Waals surface area (Å²) in [6, 6.07) is 6.93. The highest BCUT2D eigenvalue weighted by Gasteiger charge is 2.26. The summed E-state index contributed by atoms with van der Waals surface area (Å²) in [5.41, 5.74) is 1.30. The zero-order valence-electron chi connectivity index (χ0n) is 15.5. The van der Waals surface area contributed by atoms with Gasteiger partial charge in [0.15, 0.2) is 0 Å². The quantitative estimate of drug-likeness (QED) is 0.350. The molecule has 1 unspecified atom stereocenters. The van der Waals surface area contributed by atoms with Crippen LogP contribution in [0, 0.1) is 0 Å². The predicted octanol–water partition coefficient (Wildman–Crippen LogP) is 3.93. The number of unbranched alkanes of at least 4 members (excludes halogenated alkanes) is 2. The number of halogens is 1. The van der Waals surface area contributed by atoms with Crippen LogP contribution in [0.1, 0.15) is 51.5 Å². The minimum Gasteiger partial charge on any atom is -0.375 e. The first-order valence-corrected chi connectivity index (χ1v) is 11.9. The minimum atomic E-state index is -3.29. The molecular formula is C18H31IN2O3S. The van der Waals surface area contributed by atoms with Gasteiger partial charge in [0.25, 0.3) is 0 Å². The summed E-state index contributed by atoms with van der Waals surface area (Å²) in [7, 11) is -3.29. The van der Waals surface area contributed by atoms with Crippen LogP contribution in [-0.4, -0.2) is 44.3 Å². The minimum absolute atomic E-state index is 0.506. The molecular weight excluding hydrogens is 451 g/mol. The SMILES string of the molecule is CCCCN(CCCC)CCC(O)(I)c1ccc(NS(C)(=O)=O)cc1. The van der Waals surface area contributed by atoms with Gasteiger partial charge in [-0.05, 0) is 66.2 Å². The van der Waals surface area contributed by atoms with Crippen molar-refractivity contribution < 1.29 is 13.5 Å². The normalized spacial score (nSPS) is 14.5. The van der Waals surface area contributed by atoms with Gasteiger partial charge >= 0.3 is 0 Å². The van der Waals surface area contributed by atoms with Gasteiger partial charge in [0, 0.05) is 18.7 Å². The van der Waals surface area contributed by atoms with Gasteiger partial charge in [-0.15, -0.1) is 0 Å². The highest BCUT2D eigenvalue weighted by Crippen LogP contribution is 2.33. The predicted molar refractivity (Wildman–Crippen MR) is 114 cm³/mol. The van der Waals surface area contributed by atoms with E-state index in [9.17, 15) is 13.5 Å². The number of anilines is 1. The van der Waals surface area contributed by atoms with Crippen molar-refractivity contribution in [3.8, 4) is 0 Å². The van der Waals surface area contributed by atoms with Gasteiger partial charge in [-0.2, -0.15) is 0 Å². The number of rotatable bonds is 12. The second-order valence-corrected chi connectivity index (χ2v) is 10.0. The summed E-state index contributed by atoms with van der Waals surface area (Å²) in [5.74, 6) is 0. The Morgan fingerprint density at radius 1 is 1.08 bits per heavy atom. The van der Waals surface area contributed by atoms with Crippen molar-refractivity contribution in [2.45, 2.75) is 49.6 Å². The smallest absolute Gasteiger partial charge is 0.229 e. The molecule has 1 rings (SSSR count). The molecule has 25 heavy (non-hydrogen) atoms. The zero-order chi connectivity index (χ0) is 18.9. The van der Waals surface area contributed by atoms with Gasteiger partial charge in [-0.1, -0.05) is 38.8 Å². The number of hydrogen-bond donors (Lipinski definition) is 2. The Bertz CT molecular complexity index is 595. The fourth-order valence-corrected chi connectivity index (χ4v) is 3.72. The largest absolute Gasteiger partial charge is 0.375 e. The number of alkyl halides is 1. The number of hydrogen-bond acceptors (Lipinski definition) is 4. The van der Waals surface area contributed by atoms with Gasteiger partial charge < -0.3 is 10.0 Å². The molecule has 1 atom stereocenters. The second kappa shape index (κ2) is 10.7. The van der Waals surface area contributed by atoms with Crippen LogP contribution >= 0.6 is 22.6 Å². The van der Waals surface area contributed by atoms with Crippen molar-refractivity contribution in [1.82, 2.24) is 4.90 Å². The molecule has 0 amide bonds. The lowest BCUT2D eigenvalue weighted by molar-refractivity contribution is 0.123. The third-order valence-electron chi connectivity index (χ3n) is 4.05. The van der Waals surface area contributed by atoms with Crippen LogP contribution in [0.5, 0.6) is 0 Å². The van der Waals surface area contributed by atoms with Crippen LogP contribution in [0.2, 0.25) is 0 Å². The van der Waals surface area contributed by atoms with Crippen molar-refractivity contribution in [2.75, 3.05) is 30.6 Å². The third kappa shape index (κ3) is 9.21. The molecule has 5 nitrogen and oxygen atoms in total. The number of nitrogens with one attached hydrogen (secondary N) is 1. The summed E-state index contributed by atoms with van der Waals surface area (Å²) in [5, 5.41) is 10.8. The van der Waals surface area contributed by atoms with E-state index in [0.29, 0.717) is 12.1 Å². The maximum atomic E-state index is 11.3. The molecule has 0 aliphatic carbocycles. The van der Waals surface area contributed by atoms with Crippen LogP contribution in [0.25, 0.3) is 0 Å². The van der Waals surface area contributed by atoms with Crippen LogP contribution in [0.15, 0.2) is 24.3 Å². The van der Waals surface area contributed by atoms with E-state index in [4.69, 9.17) is 0 Å². The van der Waals surface area contributed by atoms with Gasteiger partial charge in [0.05, 0.1) is 6.26 Å². The highest BCUT2D eigenvalue weighted by atomic mass is 127. The molecule has 0 aliphatic heterocycles. The van der Waals surface area contributed by atoms with Gasteiger partial charge in [0.1, 0.15) is 3.61 Å². The maximum absolute atomic E-state index is 11.3. The fourth-order valence-electron chi connectivity index (χ4n) is 2.56. The van der Waals surface area contributed by atoms with Crippen LogP contribution in [0.4, 0.5) is 5.69 Å². The Labute approximate surface area is 166 Å². The second-order valence-electron chi connectivity index (χ2n) is 6.51. The number of benzene rings is 1. The van der Waals surface area contributed by atoms with E-state index in [0.717, 1.165) is 31.5 Å². The molecule has 0 bridgehead atoms. The lowest BCUT2D eigenvalue weighted by atomic mass is 10.1. The molecule has 0 aliphatic rings. The number of sulfonamides is 1. The van der Waals surface area contributed by atoms with E-state index in [-0.39, 0.29) is 0 Å². The molecule has 0 aromatic heterocycles. The highest BCUT2D eigenvalue weighted by molar-refractivity contribution is 14.1. The summed E-state index contributed by atoms with van der Waals surface area (Å²) in [6.07, 6.45) is 6.46. The molecule has 0 fully saturated rings. The van der Waals surface area contributed by atoms with Crippen LogP contribution in [-0.2, 0) is 13.6 Å². The van der Waals surface area contributed by atoms with Crippen molar-refractivity contribution in [2.24, 2.45) is 0 Å². The molecule has 2 N–H and O–H groups in total. The third-order valence-corrected chi connectivity index (χ3v) is 5.81. The Hall–Kier alpha value is -0.380. The molecule has 0 heterocycles. The molecule has 0 spiro atoms. The van der Waals surface area contributed by atoms with E-state index in [2.05, 4.69) is 46.1 Å². The standard InChI is InChI=1S/C18H31IN2O3S/c1-4-6-13-21(14-7-5-2)15-12-18(19,22)16-8-10-17(11-9-16)20-25(3,23)24/h8-11,20,22H,4-7,12-15H2,1-3H3. The molecule has 1 aromatic rings. The van der Waals surface area contributed by atoms with E-state index in [1.54, 1.807) is 24.3 Å². The Morgan fingerprint density at radius 2 is 1.60 bits per heavy atom. The maximum Gasteiger partial charge on any atom is 0.229 e. The average Bonchev–Trinajstić information content (AvgIpc) is 2.53. The number of aliphatic hydroxyl groups is 1. The lowest BCUT2D eigenvalue weighted by Crippen LogP contribution is -2.31. The van der Waals surface area contributed by atoms with Gasteiger partial charge in [-0.25, -0.2) is 8.42 Å². The van der Waals surface area contributed by atoms with Crippen molar-refractivity contribution in [3.63, 3.8) is 0 Å². The first kappa shape index (κ1) is 22.7. The first-order chi connectivity index (χ1) is 11.7. The van der Waals surface area contributed by atoms with Gasteiger partial charge in [0.2, 0.25) is 10.0 Å². The van der Waals surface area contributed by atoms with E-state index in [1.807, 2.05) is 0 Å². The van der Waals surface area contributed by atoms with E-state index >= 15 is 0 Å². The zero-order valence-corrected chi connectivity index (χ0v) is 18.4. The summed E-state index contributed by atoms with van der Waals surface area (Å²) < 4.78 is 24.0. The molecule has 0 radical (unpaired) electrons. The monoisotopic (exact) mass is 482 g/mol. The topological polar surface area (TPSA) is 69.6 Å². The van der Waals surface area contributed by atoms with E-state index in [1.165, 1.54) is 25.7 Å². The Kier molecular flexibility index (Phi) is 9.69.